The topological polar surface area (TPSA) is 238 Å². The van der Waals surface area contributed by atoms with Crippen molar-refractivity contribution in [3.8, 4) is 0 Å². The number of benzene rings is 5. The Hall–Kier alpha value is -7.30. The lowest BCUT2D eigenvalue weighted by Crippen LogP contribution is -2.65. The quantitative estimate of drug-likeness (QED) is 0.0301. The summed E-state index contributed by atoms with van der Waals surface area (Å²) in [6, 6.07) is 38.0. The van der Waals surface area contributed by atoms with Crippen molar-refractivity contribution in [3.63, 3.8) is 0 Å². The molecule has 6 rings (SSSR count). The molecule has 1 aliphatic rings. The molecule has 0 bridgehead atoms. The number of rotatable bonds is 17. The molecule has 1 fully saturated rings. The van der Waals surface area contributed by atoms with Gasteiger partial charge in [-0.15, -0.1) is 0 Å². The zero-order valence-corrected chi connectivity index (χ0v) is 34.3. The Bertz CT molecular complexity index is 2410. The van der Waals surface area contributed by atoms with Crippen LogP contribution in [0.4, 0.5) is 21.0 Å². The lowest BCUT2D eigenvalue weighted by Gasteiger charge is -2.49. The number of thioether (sulfide) groups is 1. The Balaban J connectivity index is 1.42. The van der Waals surface area contributed by atoms with Crippen molar-refractivity contribution < 1.29 is 52.8 Å². The van der Waals surface area contributed by atoms with Crippen LogP contribution in [0.3, 0.4) is 0 Å². The summed E-state index contributed by atoms with van der Waals surface area (Å²) >= 11 is 0.623. The van der Waals surface area contributed by atoms with Gasteiger partial charge in [-0.3, -0.25) is 34.7 Å². The number of β-lactam (4-membered cyclic amide) rings is 1. The number of hydrogen-bond donors (Lipinski definition) is 1. The van der Waals surface area contributed by atoms with E-state index in [1.165, 1.54) is 53.4 Å². The van der Waals surface area contributed by atoms with Gasteiger partial charge in [-0.2, -0.15) is 0 Å². The monoisotopic (exact) mass is 880 g/mol. The summed E-state index contributed by atoms with van der Waals surface area (Å²) in [7, 11) is 0. The largest absolute Gasteiger partial charge is 0.508 e. The average molecular weight is 881 g/mol. The standard InChI is InChI=1S/C43H37N4O13PS/c44-42(51)59-28-37(48)62-40-36(24-25-57-43(52)60-27-30-18-22-32(23-19-30)47(55)56)38(49)45(40)39(41(50)58-26-29-16-20-31(21-17-29)46(53)54)61(33-10-4-1-5-11-33,34-12-6-2-7-13-34)35-14-8-3-9-15-35/h1-23,36,40H,24-28H2,(H2,44,51)/t36-,40+/m0/s1. The number of hydrogen-bond acceptors (Lipinski definition) is 14. The molecule has 0 aromatic heterocycles. The molecule has 17 nitrogen and oxygen atoms in total. The molecule has 0 saturated carbocycles. The SMILES string of the molecule is NC(=O)OCC(=O)S[C@@H]1[C@@H](CCOC(=O)OCc2ccc([N+](=O)[O-])cc2)C(=O)N1C(C(=O)OCc1ccc([N+](=O)[O-])cc1)=P(c1ccccc1)(c1ccccc1)c1ccccc1. The number of amides is 2. The summed E-state index contributed by atoms with van der Waals surface area (Å²) < 4.78 is 21.2. The molecule has 5 aromatic carbocycles. The highest BCUT2D eigenvalue weighted by Crippen LogP contribution is 2.51. The molecular weight excluding hydrogens is 844 g/mol. The summed E-state index contributed by atoms with van der Waals surface area (Å²) in [4.78, 5) is 89.8. The second-order valence-electron chi connectivity index (χ2n) is 13.4. The van der Waals surface area contributed by atoms with Gasteiger partial charge in [0.15, 0.2) is 6.61 Å². The third-order valence-electron chi connectivity index (χ3n) is 9.57. The van der Waals surface area contributed by atoms with E-state index in [1.54, 1.807) is 54.6 Å². The fourth-order valence-corrected chi connectivity index (χ4v) is 12.3. The van der Waals surface area contributed by atoms with Gasteiger partial charge in [0.05, 0.1) is 22.4 Å². The molecule has 1 aliphatic heterocycles. The number of ether oxygens (including phenoxy) is 4. The lowest BCUT2D eigenvalue weighted by molar-refractivity contribution is -0.385. The van der Waals surface area contributed by atoms with Crippen LogP contribution in [-0.2, 0) is 46.5 Å². The minimum absolute atomic E-state index is 0.0891. The molecule has 5 aromatic rings. The van der Waals surface area contributed by atoms with Crippen LogP contribution >= 0.6 is 18.6 Å². The Morgan fingerprint density at radius 2 is 1.10 bits per heavy atom. The Labute approximate surface area is 358 Å². The number of nitrogens with zero attached hydrogens (tertiary/aromatic N) is 3. The maximum Gasteiger partial charge on any atom is 0.508 e. The molecule has 318 valence electrons. The summed E-state index contributed by atoms with van der Waals surface area (Å²) in [5.41, 5.74) is 5.62. The van der Waals surface area contributed by atoms with Crippen molar-refractivity contribution in [1.29, 1.82) is 0 Å². The predicted octanol–water partition coefficient (Wildman–Crippen LogP) is 5.55. The van der Waals surface area contributed by atoms with E-state index in [-0.39, 0.29) is 43.0 Å². The van der Waals surface area contributed by atoms with Crippen LogP contribution in [0.2, 0.25) is 0 Å². The molecule has 62 heavy (non-hydrogen) atoms. The van der Waals surface area contributed by atoms with Crippen molar-refractivity contribution in [2.24, 2.45) is 11.7 Å². The summed E-state index contributed by atoms with van der Waals surface area (Å²) in [6.07, 6.45) is -2.43. The van der Waals surface area contributed by atoms with Crippen LogP contribution in [0.5, 0.6) is 0 Å². The van der Waals surface area contributed by atoms with Crippen LogP contribution < -0.4 is 21.6 Å². The molecule has 19 heteroatoms. The van der Waals surface area contributed by atoms with Crippen LogP contribution in [0.1, 0.15) is 17.5 Å². The number of non-ortho nitro benzene ring substituents is 2. The van der Waals surface area contributed by atoms with Gasteiger partial charge in [0.25, 0.3) is 11.4 Å². The van der Waals surface area contributed by atoms with Gasteiger partial charge in [-0.1, -0.05) is 103 Å². The smallest absolute Gasteiger partial charge is 0.456 e. The van der Waals surface area contributed by atoms with Gasteiger partial charge in [-0.25, -0.2) is 14.4 Å². The number of likely N-dealkylation sites (tertiary alicyclic amines) is 1. The summed E-state index contributed by atoms with van der Waals surface area (Å²) in [5, 5.41) is 22.4. The van der Waals surface area contributed by atoms with E-state index in [9.17, 15) is 39.4 Å². The number of esters is 1. The first kappa shape index (κ1) is 44.3. The van der Waals surface area contributed by atoms with Gasteiger partial charge in [0.2, 0.25) is 11.0 Å². The van der Waals surface area contributed by atoms with E-state index < -0.39 is 63.9 Å². The van der Waals surface area contributed by atoms with Gasteiger partial charge < -0.3 is 24.7 Å². The Morgan fingerprint density at radius 1 is 0.645 bits per heavy atom. The number of nitro benzene ring substituents is 2. The fraction of sp³-hybridized carbons (Fsp3) is 0.163. The van der Waals surface area contributed by atoms with E-state index in [4.69, 9.17) is 24.7 Å². The van der Waals surface area contributed by atoms with Crippen LogP contribution in [0.15, 0.2) is 140 Å². The first-order valence-electron chi connectivity index (χ1n) is 18.7. The van der Waals surface area contributed by atoms with Gasteiger partial charge in [0, 0.05) is 31.2 Å². The highest BCUT2D eigenvalue weighted by molar-refractivity contribution is 8.14. The van der Waals surface area contributed by atoms with Crippen molar-refractivity contribution in [2.75, 3.05) is 13.2 Å². The highest BCUT2D eigenvalue weighted by Gasteiger charge is 2.54. The molecular formula is C43H37N4O13PS. The Kier molecular flexibility index (Phi) is 14.5. The van der Waals surface area contributed by atoms with Crippen molar-refractivity contribution >= 4 is 80.6 Å². The van der Waals surface area contributed by atoms with E-state index in [0.717, 1.165) is 0 Å². The second-order valence-corrected chi connectivity index (χ2v) is 17.9. The normalized spacial score (nSPS) is 14.5. The second kappa shape index (κ2) is 20.3. The summed E-state index contributed by atoms with van der Waals surface area (Å²) in [6.45, 7) is -5.18. The molecule has 2 amide bonds. The Morgan fingerprint density at radius 3 is 1.53 bits per heavy atom. The van der Waals surface area contributed by atoms with Crippen LogP contribution in [0, 0.1) is 26.1 Å². The van der Waals surface area contributed by atoms with Crippen molar-refractivity contribution in [1.82, 2.24) is 4.90 Å². The highest BCUT2D eigenvalue weighted by atomic mass is 32.2. The predicted molar refractivity (Wildman–Crippen MR) is 229 cm³/mol. The minimum atomic E-state index is -3.46. The zero-order valence-electron chi connectivity index (χ0n) is 32.6. The molecule has 0 unspecified atom stereocenters. The fourth-order valence-electron chi connectivity index (χ4n) is 6.71. The molecule has 1 saturated heterocycles. The molecule has 0 spiro atoms. The molecule has 0 radical (unpaired) electrons. The number of primary amides is 1. The number of nitrogens with two attached hydrogens (primary N) is 1. The maximum atomic E-state index is 15.1. The van der Waals surface area contributed by atoms with E-state index in [1.807, 2.05) is 36.4 Å². The number of carbonyl (C=O) groups is 5. The third kappa shape index (κ3) is 10.2. The zero-order chi connectivity index (χ0) is 44.2. The van der Waals surface area contributed by atoms with E-state index >= 15 is 4.79 Å². The maximum absolute atomic E-state index is 15.1. The average Bonchev–Trinajstić information content (AvgIpc) is 3.29. The number of nitro groups is 2. The molecule has 1 heterocycles. The van der Waals surface area contributed by atoms with Crippen LogP contribution in [0.25, 0.3) is 0 Å². The van der Waals surface area contributed by atoms with Crippen molar-refractivity contribution in [3.05, 3.63) is 171 Å². The summed E-state index contributed by atoms with van der Waals surface area (Å²) in [5.74, 6) is -2.57. The molecule has 2 atom stereocenters. The third-order valence-corrected chi connectivity index (χ3v) is 15.0. The molecule has 0 aliphatic carbocycles. The first-order valence-corrected chi connectivity index (χ1v) is 21.4. The van der Waals surface area contributed by atoms with Gasteiger partial charge >= 0.3 is 18.2 Å². The number of carbonyl (C=O) groups excluding carboxylic acids is 5. The molecule has 2 N–H and O–H groups in total. The lowest BCUT2D eigenvalue weighted by atomic mass is 9.95. The van der Waals surface area contributed by atoms with E-state index in [2.05, 4.69) is 0 Å². The van der Waals surface area contributed by atoms with E-state index in [0.29, 0.717) is 38.8 Å². The van der Waals surface area contributed by atoms with Gasteiger partial charge in [0.1, 0.15) is 24.0 Å². The van der Waals surface area contributed by atoms with Crippen molar-refractivity contribution in [2.45, 2.75) is 25.0 Å². The first-order chi connectivity index (χ1) is 29.9. The van der Waals surface area contributed by atoms with Crippen LogP contribution in [-0.4, -0.2) is 68.0 Å². The minimum Gasteiger partial charge on any atom is -0.456 e. The van der Waals surface area contributed by atoms with Gasteiger partial charge in [-0.05, 0) is 57.7 Å².